The van der Waals surface area contributed by atoms with Crippen LogP contribution in [0.2, 0.25) is 0 Å². The van der Waals surface area contributed by atoms with Gasteiger partial charge in [-0.05, 0) is 32.1 Å². The fourth-order valence-corrected chi connectivity index (χ4v) is 1.91. The van der Waals surface area contributed by atoms with Crippen LogP contribution in [-0.2, 0) is 14.3 Å². The average molecular weight is 255 g/mol. The number of rotatable bonds is 7. The van der Waals surface area contributed by atoms with Gasteiger partial charge in [-0.1, -0.05) is 12.2 Å². The normalized spacial score (nSPS) is 21.1. The molecule has 18 heavy (non-hydrogen) atoms. The number of carboxylic acid groups (broad SMARTS) is 1. The van der Waals surface area contributed by atoms with Crippen molar-refractivity contribution >= 4 is 11.9 Å². The largest absolute Gasteiger partial charge is 0.480 e. The molecule has 1 saturated heterocycles. The van der Waals surface area contributed by atoms with Gasteiger partial charge in [0.25, 0.3) is 0 Å². The van der Waals surface area contributed by atoms with Crippen molar-refractivity contribution in [2.24, 2.45) is 5.92 Å². The van der Waals surface area contributed by atoms with Gasteiger partial charge in [-0.25, -0.2) is 4.79 Å². The van der Waals surface area contributed by atoms with E-state index in [9.17, 15) is 9.59 Å². The second kappa shape index (κ2) is 7.87. The van der Waals surface area contributed by atoms with Crippen molar-refractivity contribution in [3.8, 4) is 0 Å². The second-order valence-electron chi connectivity index (χ2n) is 4.53. The first-order valence-corrected chi connectivity index (χ1v) is 6.34. The molecule has 2 atom stereocenters. The maximum absolute atomic E-state index is 11.6. The Kier molecular flexibility index (Phi) is 6.43. The summed E-state index contributed by atoms with van der Waals surface area (Å²) in [5, 5.41) is 11.5. The molecule has 0 spiro atoms. The van der Waals surface area contributed by atoms with Gasteiger partial charge in [0.05, 0.1) is 0 Å². The lowest BCUT2D eigenvalue weighted by Crippen LogP contribution is -2.40. The zero-order valence-corrected chi connectivity index (χ0v) is 10.7. The highest BCUT2D eigenvalue weighted by atomic mass is 16.5. The zero-order valence-electron chi connectivity index (χ0n) is 10.7. The van der Waals surface area contributed by atoms with E-state index < -0.39 is 12.0 Å². The predicted octanol–water partition coefficient (Wildman–Crippen LogP) is 1.34. The summed E-state index contributed by atoms with van der Waals surface area (Å²) in [5.41, 5.74) is 0. The molecule has 1 aliphatic heterocycles. The van der Waals surface area contributed by atoms with Crippen molar-refractivity contribution in [2.75, 3.05) is 13.2 Å². The summed E-state index contributed by atoms with van der Waals surface area (Å²) in [6, 6.07) is -0.825. The van der Waals surface area contributed by atoms with E-state index in [1.165, 1.54) is 0 Å². The summed E-state index contributed by atoms with van der Waals surface area (Å²) in [6.07, 6.45) is 5.97. The van der Waals surface area contributed by atoms with Gasteiger partial charge >= 0.3 is 5.97 Å². The number of allylic oxidation sites excluding steroid dienone is 1. The number of amides is 1. The molecule has 1 amide bonds. The van der Waals surface area contributed by atoms with Crippen LogP contribution in [0.3, 0.4) is 0 Å². The van der Waals surface area contributed by atoms with Gasteiger partial charge in [0.1, 0.15) is 6.04 Å². The quantitative estimate of drug-likeness (QED) is 0.673. The van der Waals surface area contributed by atoms with Gasteiger partial charge in [0.2, 0.25) is 5.91 Å². The first-order valence-electron chi connectivity index (χ1n) is 6.34. The van der Waals surface area contributed by atoms with E-state index >= 15 is 0 Å². The highest BCUT2D eigenvalue weighted by Gasteiger charge is 2.20. The summed E-state index contributed by atoms with van der Waals surface area (Å²) >= 11 is 0. The lowest BCUT2D eigenvalue weighted by Gasteiger charge is -2.13. The number of carbonyl (C=O) groups is 2. The van der Waals surface area contributed by atoms with Crippen LogP contribution in [0, 0.1) is 5.92 Å². The number of hydrogen-bond donors (Lipinski definition) is 2. The third-order valence-electron chi connectivity index (χ3n) is 3.04. The number of carboxylic acids is 1. The van der Waals surface area contributed by atoms with Crippen LogP contribution in [0.5, 0.6) is 0 Å². The molecule has 1 heterocycles. The number of nitrogens with one attached hydrogen (secondary N) is 1. The van der Waals surface area contributed by atoms with Gasteiger partial charge in [-0.15, -0.1) is 0 Å². The van der Waals surface area contributed by atoms with Crippen LogP contribution in [0.15, 0.2) is 12.2 Å². The van der Waals surface area contributed by atoms with Crippen molar-refractivity contribution in [3.63, 3.8) is 0 Å². The van der Waals surface area contributed by atoms with E-state index in [0.717, 1.165) is 19.4 Å². The molecule has 0 aliphatic carbocycles. The van der Waals surface area contributed by atoms with Crippen LogP contribution in [0.25, 0.3) is 0 Å². The van der Waals surface area contributed by atoms with E-state index in [0.29, 0.717) is 25.4 Å². The summed E-state index contributed by atoms with van der Waals surface area (Å²) in [4.78, 5) is 22.6. The number of aliphatic carboxylic acids is 1. The number of hydrogen-bond acceptors (Lipinski definition) is 3. The summed E-state index contributed by atoms with van der Waals surface area (Å²) in [6.45, 7) is 3.31. The maximum Gasteiger partial charge on any atom is 0.326 e. The predicted molar refractivity (Wildman–Crippen MR) is 67.2 cm³/mol. The van der Waals surface area contributed by atoms with E-state index in [1.54, 1.807) is 12.2 Å². The molecule has 0 radical (unpaired) electrons. The minimum Gasteiger partial charge on any atom is -0.480 e. The molecule has 102 valence electrons. The minimum absolute atomic E-state index is 0.196. The third kappa shape index (κ3) is 5.31. The molecule has 1 rings (SSSR count). The van der Waals surface area contributed by atoms with Gasteiger partial charge in [0, 0.05) is 19.6 Å². The van der Waals surface area contributed by atoms with Crippen LogP contribution in [-0.4, -0.2) is 36.2 Å². The fourth-order valence-electron chi connectivity index (χ4n) is 1.91. The molecule has 0 aromatic rings. The minimum atomic E-state index is -0.995. The summed E-state index contributed by atoms with van der Waals surface area (Å²) in [5.74, 6) is -0.751. The van der Waals surface area contributed by atoms with Gasteiger partial charge < -0.3 is 15.2 Å². The third-order valence-corrected chi connectivity index (χ3v) is 3.04. The second-order valence-corrected chi connectivity index (χ2v) is 4.53. The highest BCUT2D eigenvalue weighted by molar-refractivity contribution is 5.83. The molecule has 0 bridgehead atoms. The van der Waals surface area contributed by atoms with Crippen molar-refractivity contribution in [3.05, 3.63) is 12.2 Å². The first-order chi connectivity index (χ1) is 8.63. The number of ether oxygens (including phenoxy) is 1. The molecule has 2 N–H and O–H groups in total. The molecule has 0 aromatic heterocycles. The molecule has 5 nitrogen and oxygen atoms in total. The maximum atomic E-state index is 11.6. The Balaban J connectivity index is 2.28. The molecule has 0 aromatic carbocycles. The Morgan fingerprint density at radius 3 is 2.89 bits per heavy atom. The Labute approximate surface area is 107 Å². The lowest BCUT2D eigenvalue weighted by molar-refractivity contribution is -0.141. The van der Waals surface area contributed by atoms with Crippen LogP contribution in [0.1, 0.15) is 32.6 Å². The van der Waals surface area contributed by atoms with E-state index in [4.69, 9.17) is 9.84 Å². The highest BCUT2D eigenvalue weighted by Crippen LogP contribution is 2.17. The smallest absolute Gasteiger partial charge is 0.326 e. The Hall–Kier alpha value is -1.36. The van der Waals surface area contributed by atoms with E-state index in [2.05, 4.69) is 5.32 Å². The van der Waals surface area contributed by atoms with Gasteiger partial charge in [0.15, 0.2) is 0 Å². The Morgan fingerprint density at radius 2 is 2.33 bits per heavy atom. The molecule has 5 heteroatoms. The molecular weight excluding hydrogens is 234 g/mol. The summed E-state index contributed by atoms with van der Waals surface area (Å²) < 4.78 is 5.23. The molecule has 0 saturated carbocycles. The van der Waals surface area contributed by atoms with Crippen LogP contribution < -0.4 is 5.32 Å². The lowest BCUT2D eigenvalue weighted by atomic mass is 10.0. The van der Waals surface area contributed by atoms with E-state index in [-0.39, 0.29) is 5.91 Å². The Bertz CT molecular complexity index is 308. The molecular formula is C13H21NO4. The van der Waals surface area contributed by atoms with Gasteiger partial charge in [-0.3, -0.25) is 4.79 Å². The van der Waals surface area contributed by atoms with Crippen LogP contribution >= 0.6 is 0 Å². The monoisotopic (exact) mass is 255 g/mol. The Morgan fingerprint density at radius 1 is 1.56 bits per heavy atom. The molecule has 2 unspecified atom stereocenters. The molecule has 1 fully saturated rings. The zero-order chi connectivity index (χ0) is 13.4. The van der Waals surface area contributed by atoms with Crippen molar-refractivity contribution in [2.45, 2.75) is 38.6 Å². The van der Waals surface area contributed by atoms with Crippen molar-refractivity contribution in [1.82, 2.24) is 5.32 Å². The number of carbonyl (C=O) groups excluding carboxylic acids is 1. The van der Waals surface area contributed by atoms with E-state index in [1.807, 2.05) is 6.92 Å². The van der Waals surface area contributed by atoms with Crippen LogP contribution in [0.4, 0.5) is 0 Å². The van der Waals surface area contributed by atoms with Crippen molar-refractivity contribution in [1.29, 1.82) is 0 Å². The summed E-state index contributed by atoms with van der Waals surface area (Å²) in [7, 11) is 0. The standard InChI is InChI=1S/C13H21NO4/c1-2-3-4-11(13(16)17)14-12(15)6-5-10-7-8-18-9-10/h2-3,10-11H,4-9H2,1H3,(H,14,15)(H,16,17)/b3-2+. The van der Waals surface area contributed by atoms with Crippen molar-refractivity contribution < 1.29 is 19.4 Å². The fraction of sp³-hybridized carbons (Fsp3) is 0.692. The average Bonchev–Trinajstić information content (AvgIpc) is 2.84. The first kappa shape index (κ1) is 14.7. The SMILES string of the molecule is C/C=C/CC(NC(=O)CCC1CCOC1)C(=O)O. The topological polar surface area (TPSA) is 75.6 Å². The van der Waals surface area contributed by atoms with Gasteiger partial charge in [-0.2, -0.15) is 0 Å². The molecule has 1 aliphatic rings.